The molecule has 0 amide bonds. The Hall–Kier alpha value is 0.898. The molecule has 1 rings (SSSR count). The Labute approximate surface area is 84.0 Å². The zero-order chi connectivity index (χ0) is 6.91. The van der Waals surface area contributed by atoms with Crippen molar-refractivity contribution >= 4 is 24.0 Å². The molecule has 0 saturated heterocycles. The third kappa shape index (κ3) is 2.87. The number of hydrogen-bond donors (Lipinski definition) is 0. The topological polar surface area (TPSA) is 0 Å². The Balaban J connectivity index is 0.000000810. The first-order chi connectivity index (χ1) is 4.11. The van der Waals surface area contributed by atoms with E-state index >= 15 is 0 Å². The molecule has 2 heteroatoms. The van der Waals surface area contributed by atoms with Crippen molar-refractivity contribution in [3.8, 4) is 0 Å². The third-order valence-electron chi connectivity index (χ3n) is 1.31. The Morgan fingerprint density at radius 1 is 1.30 bits per heavy atom. The molecule has 1 aliphatic carbocycles. The van der Waals surface area contributed by atoms with Crippen LogP contribution in [0.1, 0.15) is 6.42 Å². The van der Waals surface area contributed by atoms with Crippen molar-refractivity contribution in [1.29, 1.82) is 0 Å². The van der Waals surface area contributed by atoms with Crippen LogP contribution in [0.5, 0.6) is 0 Å². The van der Waals surface area contributed by atoms with Crippen LogP contribution in [0.4, 0.5) is 0 Å². The van der Waals surface area contributed by atoms with E-state index in [4.69, 9.17) is 0 Å². The normalized spacial score (nSPS) is 18.1. The molecule has 0 N–H and O–H groups in total. The molecule has 0 heterocycles. The van der Waals surface area contributed by atoms with Gasteiger partial charge in [0.1, 0.15) is 0 Å². The molecule has 64 valence electrons. The second kappa shape index (κ2) is 4.06. The van der Waals surface area contributed by atoms with E-state index in [2.05, 4.69) is 34.2 Å². The maximum absolute atomic E-state index is 2.44. The fourth-order valence-corrected chi connectivity index (χ4v) is 3.77. The van der Waals surface area contributed by atoms with Crippen LogP contribution >= 0.6 is 24.0 Å². The zero-order valence-corrected chi connectivity index (χ0v) is 11.3. The van der Waals surface area contributed by atoms with Crippen LogP contribution in [0.15, 0.2) is 22.2 Å². The van der Waals surface area contributed by atoms with Crippen molar-refractivity contribution in [3.05, 3.63) is 22.2 Å². The summed E-state index contributed by atoms with van der Waals surface area (Å²) in [6, 6.07) is 0. The van der Waals surface area contributed by atoms with Crippen LogP contribution in [-0.4, -0.2) is 0 Å². The van der Waals surface area contributed by atoms with Crippen molar-refractivity contribution in [2.75, 3.05) is 0 Å². The summed E-state index contributed by atoms with van der Waals surface area (Å²) in [7, 11) is 0. The number of hydrogen-bond acceptors (Lipinski definition) is 0. The Bertz CT molecular complexity index is 163. The van der Waals surface area contributed by atoms with E-state index in [9.17, 15) is 0 Å². The van der Waals surface area contributed by atoms with Gasteiger partial charge in [-0.15, -0.1) is 24.0 Å². The standard InChI is InChI=1S/C5H5.3CH3.HI.Pt/c1-2-4-5-3-1;;;;;/h1-3H,4H2;3*1H3;1H;. The van der Waals surface area contributed by atoms with E-state index in [0.29, 0.717) is 0 Å². The van der Waals surface area contributed by atoms with Gasteiger partial charge in [0.15, 0.2) is 0 Å². The second-order valence-corrected chi connectivity index (χ2v) is 14.3. The summed E-state index contributed by atoms with van der Waals surface area (Å²) in [5, 5.41) is 7.31. The first kappa shape index (κ1) is 10.9. The van der Waals surface area contributed by atoms with Crippen LogP contribution in [0, 0.1) is 0 Å². The monoisotopic (exact) mass is 433 g/mol. The van der Waals surface area contributed by atoms with Crippen LogP contribution in [0.25, 0.3) is 0 Å². The molecule has 0 bridgehead atoms. The predicted octanol–water partition coefficient (Wildman–Crippen LogP) is 3.75. The molecule has 10 heavy (non-hydrogen) atoms. The molecule has 0 fully saturated rings. The van der Waals surface area contributed by atoms with E-state index in [-0.39, 0.29) is 24.0 Å². The van der Waals surface area contributed by atoms with Crippen molar-refractivity contribution in [2.24, 2.45) is 0 Å². The number of halogens is 1. The summed E-state index contributed by atoms with van der Waals surface area (Å²) in [5.41, 5.74) is 0. The van der Waals surface area contributed by atoms with Gasteiger partial charge in [-0.3, -0.25) is 0 Å². The first-order valence-electron chi connectivity index (χ1n) is 2.82. The second-order valence-electron chi connectivity index (χ2n) is 2.63. The molecule has 0 aromatic rings. The molecule has 0 aliphatic heterocycles. The molecule has 0 atom stereocenters. The SMILES string of the molecule is I.[CH3][Pt]([CH3])([CH3])[C]1=CC=CC1. The van der Waals surface area contributed by atoms with E-state index in [0.717, 1.165) is 0 Å². The molecule has 0 spiro atoms. The summed E-state index contributed by atoms with van der Waals surface area (Å²) in [6.45, 7) is 0. The zero-order valence-electron chi connectivity index (χ0n) is 6.66. The molecule has 0 aromatic carbocycles. The van der Waals surface area contributed by atoms with Gasteiger partial charge in [0.2, 0.25) is 0 Å². The molecule has 0 saturated carbocycles. The van der Waals surface area contributed by atoms with Gasteiger partial charge >= 0.3 is 60.6 Å². The fraction of sp³-hybridized carbons (Fsp3) is 0.500. The molecule has 0 unspecified atom stereocenters. The summed E-state index contributed by atoms with van der Waals surface area (Å²) < 4.78 is 1.72. The molecular formula is C8H15IPt. The van der Waals surface area contributed by atoms with Crippen molar-refractivity contribution in [1.82, 2.24) is 0 Å². The molecule has 0 nitrogen and oxygen atoms in total. The molecule has 0 radical (unpaired) electrons. The Morgan fingerprint density at radius 2 is 1.90 bits per heavy atom. The Morgan fingerprint density at radius 3 is 2.10 bits per heavy atom. The van der Waals surface area contributed by atoms with Gasteiger partial charge in [0.25, 0.3) is 0 Å². The molecular weight excluding hydrogens is 418 g/mol. The van der Waals surface area contributed by atoms with E-state index in [1.165, 1.54) is 6.42 Å². The van der Waals surface area contributed by atoms with E-state index < -0.39 is 16.1 Å². The van der Waals surface area contributed by atoms with Gasteiger partial charge in [0, 0.05) is 0 Å². The van der Waals surface area contributed by atoms with E-state index in [1.54, 1.807) is 3.96 Å². The van der Waals surface area contributed by atoms with Crippen LogP contribution in [-0.2, 0) is 16.1 Å². The van der Waals surface area contributed by atoms with Gasteiger partial charge in [-0.1, -0.05) is 0 Å². The van der Waals surface area contributed by atoms with Gasteiger partial charge in [-0.25, -0.2) is 0 Å². The van der Waals surface area contributed by atoms with E-state index in [1.807, 2.05) is 0 Å². The van der Waals surface area contributed by atoms with Crippen LogP contribution < -0.4 is 0 Å². The minimum atomic E-state index is -1.32. The van der Waals surface area contributed by atoms with Crippen molar-refractivity contribution in [3.63, 3.8) is 0 Å². The van der Waals surface area contributed by atoms with Gasteiger partial charge in [-0.2, -0.15) is 0 Å². The Kier molecular flexibility index (Phi) is 4.42. The summed E-state index contributed by atoms with van der Waals surface area (Å²) >= 11 is -1.32. The van der Waals surface area contributed by atoms with Gasteiger partial charge in [0.05, 0.1) is 0 Å². The van der Waals surface area contributed by atoms with Crippen LogP contribution in [0.2, 0.25) is 15.9 Å². The predicted molar refractivity (Wildman–Crippen MR) is 54.8 cm³/mol. The number of rotatable bonds is 1. The maximum atomic E-state index is 2.44. The van der Waals surface area contributed by atoms with Gasteiger partial charge < -0.3 is 0 Å². The third-order valence-corrected chi connectivity index (χ3v) is 6.53. The molecule has 0 aromatic heterocycles. The van der Waals surface area contributed by atoms with Crippen LogP contribution in [0.3, 0.4) is 0 Å². The number of allylic oxidation sites excluding steroid dienone is 4. The quantitative estimate of drug-likeness (QED) is 0.553. The summed E-state index contributed by atoms with van der Waals surface area (Å²) in [4.78, 5) is 0. The molecule has 1 aliphatic rings. The summed E-state index contributed by atoms with van der Waals surface area (Å²) in [5.74, 6) is 0. The van der Waals surface area contributed by atoms with Gasteiger partial charge in [-0.05, 0) is 0 Å². The fourth-order valence-electron chi connectivity index (χ4n) is 0.760. The van der Waals surface area contributed by atoms with Crippen molar-refractivity contribution in [2.45, 2.75) is 22.4 Å². The average Bonchev–Trinajstić information content (AvgIpc) is 2.08. The first-order valence-corrected chi connectivity index (χ1v) is 10.8. The average molecular weight is 433 g/mol. The summed E-state index contributed by atoms with van der Waals surface area (Å²) in [6.07, 6.45) is 7.98. The minimum absolute atomic E-state index is 0. The van der Waals surface area contributed by atoms with Crippen molar-refractivity contribution < 1.29 is 16.1 Å².